The third-order valence-electron chi connectivity index (χ3n) is 26.2. The second-order valence-electron chi connectivity index (χ2n) is 37.9. The van der Waals surface area contributed by atoms with Crippen LogP contribution in [0.25, 0.3) is 66.8 Å². The third kappa shape index (κ3) is 14.3. The van der Waals surface area contributed by atoms with Gasteiger partial charge in [-0.15, -0.1) is 0 Å². The van der Waals surface area contributed by atoms with E-state index in [2.05, 4.69) is 511 Å². The van der Waals surface area contributed by atoms with Crippen LogP contribution in [-0.4, -0.2) is 22.9 Å². The topological polar surface area (TPSA) is 6.48 Å². The molecule has 19 rings (SSSR count). The molecular weight excluding hydrogens is 1510 g/mol. The molecule has 0 radical (unpaired) electrons. The molecule has 0 aliphatic carbocycles. The van der Waals surface area contributed by atoms with Gasteiger partial charge in [0.15, 0.2) is 16.1 Å². The number of rotatable bonds is 16. The first kappa shape index (κ1) is 79.6. The number of hydrogen-bond acceptors (Lipinski definition) is 2. The Balaban J connectivity index is 0.879. The van der Waals surface area contributed by atoms with Crippen LogP contribution >= 0.6 is 0 Å². The minimum absolute atomic E-state index is 0.0792. The lowest BCUT2D eigenvalue weighted by molar-refractivity contribution is 0.568. The van der Waals surface area contributed by atoms with Crippen molar-refractivity contribution in [3.05, 3.63) is 441 Å². The third-order valence-corrected chi connectivity index (χ3v) is 35.7. The van der Waals surface area contributed by atoms with Gasteiger partial charge in [-0.1, -0.05) is 465 Å². The van der Waals surface area contributed by atoms with Crippen molar-refractivity contribution in [3.8, 4) is 66.8 Å². The highest BCUT2D eigenvalue weighted by atomic mass is 28.3. The molecule has 0 N–H and O–H groups in total. The zero-order valence-corrected chi connectivity index (χ0v) is 74.8. The average Bonchev–Trinajstić information content (AvgIpc) is 0.721. The maximum atomic E-state index is 2.66. The van der Waals surface area contributed by atoms with Crippen molar-refractivity contribution in [1.82, 2.24) is 0 Å². The van der Waals surface area contributed by atoms with Crippen LogP contribution < -0.4 is 67.7 Å². The molecule has 5 heteroatoms. The lowest BCUT2D eigenvalue weighted by Crippen LogP contribution is -2.74. The van der Waals surface area contributed by atoms with Gasteiger partial charge in [-0.05, 0) is 194 Å². The summed E-state index contributed by atoms with van der Waals surface area (Å²) in [6.45, 7) is 27.9. The summed E-state index contributed by atoms with van der Waals surface area (Å²) < 4.78 is 0. The summed E-state index contributed by atoms with van der Waals surface area (Å²) in [5, 5.41) is 10.7. The summed E-state index contributed by atoms with van der Waals surface area (Å²) in [7, 11) is -6.00. The summed E-state index contributed by atoms with van der Waals surface area (Å²) in [4.78, 5) is 5.32. The minimum Gasteiger partial charge on any atom is -0.311 e. The van der Waals surface area contributed by atoms with E-state index in [1.807, 2.05) is 0 Å². The summed E-state index contributed by atoms with van der Waals surface area (Å²) >= 11 is 0. The van der Waals surface area contributed by atoms with Gasteiger partial charge in [0.2, 0.25) is 0 Å². The zero-order chi connectivity index (χ0) is 84.6. The van der Waals surface area contributed by atoms with Crippen molar-refractivity contribution in [2.24, 2.45) is 0 Å². The largest absolute Gasteiger partial charge is 0.311 e. The lowest BCUT2D eigenvalue weighted by Gasteiger charge is -2.45. The van der Waals surface area contributed by atoms with Gasteiger partial charge in [0.25, 0.3) is 6.71 Å². The fourth-order valence-corrected chi connectivity index (χ4v) is 29.4. The number of anilines is 6. The molecule has 0 fully saturated rings. The number of benzene rings is 17. The normalized spacial score (nSPS) is 12.8. The predicted molar refractivity (Wildman–Crippen MR) is 535 cm³/mol. The van der Waals surface area contributed by atoms with Crippen LogP contribution in [0.4, 0.5) is 34.1 Å². The van der Waals surface area contributed by atoms with E-state index in [-0.39, 0.29) is 28.4 Å². The van der Waals surface area contributed by atoms with Crippen molar-refractivity contribution in [2.75, 3.05) is 9.80 Å². The van der Waals surface area contributed by atoms with Crippen LogP contribution in [-0.2, 0) is 21.7 Å². The number of para-hydroxylation sites is 2. The van der Waals surface area contributed by atoms with Crippen molar-refractivity contribution >= 4 is 115 Å². The Morgan fingerprint density at radius 2 is 0.415 bits per heavy atom. The van der Waals surface area contributed by atoms with E-state index in [0.29, 0.717) is 0 Å². The van der Waals surface area contributed by atoms with Crippen LogP contribution in [0, 0.1) is 0 Å². The van der Waals surface area contributed by atoms with Gasteiger partial charge in [0.1, 0.15) is 0 Å². The Morgan fingerprint density at radius 3 is 0.707 bits per heavy atom. The van der Waals surface area contributed by atoms with Crippen molar-refractivity contribution in [3.63, 3.8) is 0 Å². The fraction of sp³-hybridized carbons (Fsp3) is 0.136. The zero-order valence-electron chi connectivity index (χ0n) is 72.8. The molecule has 2 heterocycles. The fourth-order valence-electron chi connectivity index (χ4n) is 19.8. The summed E-state index contributed by atoms with van der Waals surface area (Å²) in [5.74, 6) is 0. The van der Waals surface area contributed by atoms with E-state index >= 15 is 0 Å². The molecule has 2 aliphatic heterocycles. The highest BCUT2D eigenvalue weighted by Gasteiger charge is 2.47. The second-order valence-corrected chi connectivity index (χ2v) is 45.6. The second kappa shape index (κ2) is 31.7. The van der Waals surface area contributed by atoms with E-state index in [4.69, 9.17) is 0 Å². The Morgan fingerprint density at radius 1 is 0.179 bits per heavy atom. The first-order chi connectivity index (χ1) is 59.5. The molecule has 2 aliphatic rings. The monoisotopic (exact) mass is 1620 g/mol. The summed E-state index contributed by atoms with van der Waals surface area (Å²) in [6, 6.07) is 161. The first-order valence-electron chi connectivity index (χ1n) is 43.8. The van der Waals surface area contributed by atoms with Gasteiger partial charge in [-0.25, -0.2) is 0 Å². The van der Waals surface area contributed by atoms with E-state index in [0.717, 1.165) is 67.5 Å². The molecule has 598 valence electrons. The van der Waals surface area contributed by atoms with Crippen molar-refractivity contribution < 1.29 is 0 Å². The van der Waals surface area contributed by atoms with E-state index < -0.39 is 16.1 Å². The Hall–Kier alpha value is -13.2. The van der Waals surface area contributed by atoms with Crippen molar-refractivity contribution in [2.45, 2.75) is 105 Å². The number of nitrogens with zero attached hydrogens (tertiary/aromatic N) is 2. The predicted octanol–water partition coefficient (Wildman–Crippen LogP) is 23.7. The molecule has 0 saturated carbocycles. The van der Waals surface area contributed by atoms with Crippen molar-refractivity contribution in [1.29, 1.82) is 0 Å². The minimum atomic E-state index is -3.00. The smallest absolute Gasteiger partial charge is 0.252 e. The van der Waals surface area contributed by atoms with Crippen LogP contribution in [0.15, 0.2) is 419 Å². The standard InChI is InChI=1S/C118H105BN2Si2/c1-115(2,3)88-72-86(73-89(80-88)116(4,5)6)102-60-33-31-58-100(102)84-68-70-106-112(78-84)120(108-64-37-35-62-104(108)82-42-39-56-98(76-82)122(92-44-19-13-20-45-92,93-46-21-14-22-47-93)94-48-23-15-24-49-94)110-66-41-67-111-114(110)119(106)107-71-69-85(101-59-32-34-61-103(101)87-74-90(117(7,8)9)81-91(75-87)118(10,11)12)79-113(107)121(111)109-65-38-36-63-105(109)83-43-40-57-99(77-83)123(95-50-25-16-26-51-95,96-52-27-17-28-53-96)97-54-29-18-30-55-97/h13-81H,1-12H3. The Kier molecular flexibility index (Phi) is 20.5. The first-order valence-corrected chi connectivity index (χ1v) is 47.8. The van der Waals surface area contributed by atoms with Gasteiger partial charge in [-0.3, -0.25) is 0 Å². The van der Waals surface area contributed by atoms with E-state index in [9.17, 15) is 0 Å². The lowest BCUT2D eigenvalue weighted by atomic mass is 9.33. The van der Waals surface area contributed by atoms with Gasteiger partial charge >= 0.3 is 0 Å². The molecule has 0 atom stereocenters. The molecule has 0 amide bonds. The van der Waals surface area contributed by atoms with E-state index in [1.165, 1.54) is 114 Å². The molecule has 0 saturated heterocycles. The number of hydrogen-bond donors (Lipinski definition) is 0. The number of fused-ring (bicyclic) bond motifs is 4. The SMILES string of the molecule is CC(C)(C)c1cc(-c2ccccc2-c2ccc3c(c2)N(c2ccccc2-c2cccc([Si](c4ccccc4)(c4ccccc4)c4ccccc4)c2)c2cccc4c2B3c2ccc(-c3ccccc3-c3cc(C(C)(C)C)cc(C(C)(C)C)c3)cc2N4c2ccccc2-c2cccc([Si](c3ccccc3)(c3ccccc3)c3ccccc3)c2)cc(C(C)(C)C)c1. The molecule has 2 nitrogen and oxygen atoms in total. The Labute approximate surface area is 731 Å². The molecule has 123 heavy (non-hydrogen) atoms. The molecule has 0 unspecified atom stereocenters. The Bertz CT molecular complexity index is 6130. The van der Waals surface area contributed by atoms with Gasteiger partial charge in [0, 0.05) is 33.9 Å². The van der Waals surface area contributed by atoms with Gasteiger partial charge in [0.05, 0.1) is 11.4 Å². The maximum absolute atomic E-state index is 3.00. The van der Waals surface area contributed by atoms with Crippen LogP contribution in [0.3, 0.4) is 0 Å². The molecule has 17 aromatic rings. The summed E-state index contributed by atoms with van der Waals surface area (Å²) in [5.41, 5.74) is 29.6. The van der Waals surface area contributed by atoms with Gasteiger partial charge in [-0.2, -0.15) is 0 Å². The molecule has 0 bridgehead atoms. The van der Waals surface area contributed by atoms with E-state index in [1.54, 1.807) is 0 Å². The van der Waals surface area contributed by atoms with Crippen LogP contribution in [0.5, 0.6) is 0 Å². The summed E-state index contributed by atoms with van der Waals surface area (Å²) in [6.07, 6.45) is 0. The van der Waals surface area contributed by atoms with Crippen LogP contribution in [0.1, 0.15) is 105 Å². The molecule has 0 aromatic heterocycles. The van der Waals surface area contributed by atoms with Crippen LogP contribution in [0.2, 0.25) is 0 Å². The van der Waals surface area contributed by atoms with Gasteiger partial charge < -0.3 is 9.80 Å². The molecular formula is C118H105BN2Si2. The highest BCUT2D eigenvalue weighted by Crippen LogP contribution is 2.51. The molecule has 17 aromatic carbocycles. The highest BCUT2D eigenvalue weighted by molar-refractivity contribution is 7.20. The average molecular weight is 1620 g/mol. The quantitative estimate of drug-likeness (QED) is 0.0703. The maximum Gasteiger partial charge on any atom is 0.252 e. The molecule has 0 spiro atoms.